The minimum atomic E-state index is -0.474. The van der Waals surface area contributed by atoms with Crippen molar-refractivity contribution in [2.24, 2.45) is 0 Å². The molecule has 0 spiro atoms. The van der Waals surface area contributed by atoms with Gasteiger partial charge in [0.15, 0.2) is 0 Å². The topological polar surface area (TPSA) is 58.2 Å². The molecule has 0 fully saturated rings. The maximum absolute atomic E-state index is 13.7. The minimum Gasteiger partial charge on any atom is -0.323 e. The molecule has 0 aliphatic rings. The Kier molecular flexibility index (Phi) is 9.35. The number of benzene rings is 5. The molecule has 6 heteroatoms. The largest absolute Gasteiger partial charge is 0.323 e. The van der Waals surface area contributed by atoms with Crippen molar-refractivity contribution < 1.29 is 9.59 Å². The van der Waals surface area contributed by atoms with Crippen LogP contribution in [0.4, 0.5) is 11.4 Å². The summed E-state index contributed by atoms with van der Waals surface area (Å²) in [5.74, 6) is -0.333. The first kappa shape index (κ1) is 27.3. The summed E-state index contributed by atoms with van der Waals surface area (Å²) in [6, 6.07) is 46.5. The number of anilines is 2. The lowest BCUT2D eigenvalue weighted by Gasteiger charge is -2.20. The van der Waals surface area contributed by atoms with Crippen LogP contribution in [0.3, 0.4) is 0 Å². The van der Waals surface area contributed by atoms with E-state index in [1.807, 2.05) is 146 Å². The number of para-hydroxylation sites is 2. The van der Waals surface area contributed by atoms with Gasteiger partial charge in [0, 0.05) is 9.79 Å². The molecule has 5 aromatic rings. The molecular weight excluding hydrogens is 533 g/mol. The van der Waals surface area contributed by atoms with Crippen molar-refractivity contribution in [1.82, 2.24) is 0 Å². The fourth-order valence-corrected chi connectivity index (χ4v) is 6.26. The molecule has 198 valence electrons. The number of carbonyl (C=O) groups is 2. The van der Waals surface area contributed by atoms with Crippen LogP contribution >= 0.6 is 23.5 Å². The molecule has 0 heterocycles. The summed E-state index contributed by atoms with van der Waals surface area (Å²) in [6.45, 7) is 0. The summed E-state index contributed by atoms with van der Waals surface area (Å²) in [5, 5.41) is 5.22. The van der Waals surface area contributed by atoms with Crippen LogP contribution in [0.15, 0.2) is 155 Å². The molecule has 5 aromatic carbocycles. The van der Waals surface area contributed by atoms with Gasteiger partial charge in [-0.3, -0.25) is 9.59 Å². The molecule has 4 nitrogen and oxygen atoms in total. The normalized spacial score (nSPS) is 12.2. The van der Waals surface area contributed by atoms with Crippen LogP contribution in [0.1, 0.15) is 21.6 Å². The van der Waals surface area contributed by atoms with Gasteiger partial charge in [0.1, 0.15) is 10.5 Å². The summed E-state index contributed by atoms with van der Waals surface area (Å²) in [4.78, 5) is 29.4. The van der Waals surface area contributed by atoms with E-state index in [1.165, 1.54) is 23.5 Å². The molecule has 0 radical (unpaired) electrons. The molecule has 0 saturated heterocycles. The number of thioether (sulfide) groups is 2. The van der Waals surface area contributed by atoms with Gasteiger partial charge in [-0.15, -0.1) is 23.5 Å². The van der Waals surface area contributed by atoms with Gasteiger partial charge < -0.3 is 10.6 Å². The maximum atomic E-state index is 13.7. The van der Waals surface area contributed by atoms with Gasteiger partial charge in [0.2, 0.25) is 11.8 Å². The van der Waals surface area contributed by atoms with E-state index in [0.717, 1.165) is 20.9 Å². The van der Waals surface area contributed by atoms with Gasteiger partial charge in [-0.2, -0.15) is 0 Å². The highest BCUT2D eigenvalue weighted by molar-refractivity contribution is 8.00. The number of amides is 2. The molecule has 0 bridgehead atoms. The molecule has 2 N–H and O–H groups in total. The second kappa shape index (κ2) is 13.7. The summed E-state index contributed by atoms with van der Waals surface area (Å²) < 4.78 is 0. The molecular formula is C34H28N2O2S2. The highest BCUT2D eigenvalue weighted by Gasteiger charge is 2.25. The van der Waals surface area contributed by atoms with Gasteiger partial charge in [-0.05, 0) is 47.5 Å². The Hall–Kier alpha value is -4.26. The number of nitrogens with one attached hydrogen (secondary N) is 2. The summed E-state index contributed by atoms with van der Waals surface area (Å²) in [5.41, 5.74) is 2.90. The Balaban J connectivity index is 1.38. The van der Waals surface area contributed by atoms with Crippen molar-refractivity contribution in [3.63, 3.8) is 0 Å². The zero-order chi connectivity index (χ0) is 27.6. The molecule has 0 unspecified atom stereocenters. The van der Waals surface area contributed by atoms with Crippen LogP contribution in [0.5, 0.6) is 0 Å². The van der Waals surface area contributed by atoms with Gasteiger partial charge in [0.05, 0.1) is 11.4 Å². The van der Waals surface area contributed by atoms with Gasteiger partial charge in [-0.1, -0.05) is 109 Å². The van der Waals surface area contributed by atoms with Crippen molar-refractivity contribution >= 4 is 46.7 Å². The van der Waals surface area contributed by atoms with Gasteiger partial charge >= 0.3 is 0 Å². The molecule has 2 atom stereocenters. The minimum absolute atomic E-state index is 0.167. The second-order valence-corrected chi connectivity index (χ2v) is 11.3. The average molecular weight is 561 g/mol. The lowest BCUT2D eigenvalue weighted by atomic mass is 10.1. The smallest absolute Gasteiger partial charge is 0.242 e. The van der Waals surface area contributed by atoms with E-state index in [-0.39, 0.29) is 11.8 Å². The standard InChI is InChI=1S/C34H28N2O2S2/c37-33(31(25-15-5-1-6-16-25)39-27-19-9-3-10-20-27)35-29-23-13-14-24-30(29)36-34(38)32(26-17-7-2-8-18-26)40-28-21-11-4-12-22-28/h1-24,31-32H,(H,35,37)(H,36,38)/t31-,32-/m0/s1. The molecule has 40 heavy (non-hydrogen) atoms. The summed E-state index contributed by atoms with van der Waals surface area (Å²) in [6.07, 6.45) is 0. The predicted octanol–water partition coefficient (Wildman–Crippen LogP) is 8.63. The summed E-state index contributed by atoms with van der Waals surface area (Å²) in [7, 11) is 0. The fourth-order valence-electron chi connectivity index (χ4n) is 4.17. The monoisotopic (exact) mass is 560 g/mol. The maximum Gasteiger partial charge on any atom is 0.242 e. The van der Waals surface area contributed by atoms with Crippen LogP contribution in [0.25, 0.3) is 0 Å². The molecule has 0 saturated carbocycles. The first-order valence-corrected chi connectivity index (χ1v) is 14.7. The van der Waals surface area contributed by atoms with E-state index < -0.39 is 10.5 Å². The highest BCUT2D eigenvalue weighted by Crippen LogP contribution is 2.38. The Morgan fingerprint density at radius 2 is 0.725 bits per heavy atom. The van der Waals surface area contributed by atoms with Crippen LogP contribution in [-0.4, -0.2) is 11.8 Å². The fraction of sp³-hybridized carbons (Fsp3) is 0.0588. The number of hydrogen-bond acceptors (Lipinski definition) is 4. The third-order valence-electron chi connectivity index (χ3n) is 6.12. The van der Waals surface area contributed by atoms with Crippen molar-refractivity contribution in [2.45, 2.75) is 20.3 Å². The van der Waals surface area contributed by atoms with E-state index in [2.05, 4.69) is 10.6 Å². The van der Waals surface area contributed by atoms with E-state index in [4.69, 9.17) is 0 Å². The first-order valence-electron chi connectivity index (χ1n) is 12.9. The third-order valence-corrected chi connectivity index (χ3v) is 8.65. The van der Waals surface area contributed by atoms with Crippen LogP contribution in [0.2, 0.25) is 0 Å². The van der Waals surface area contributed by atoms with Gasteiger partial charge in [-0.25, -0.2) is 0 Å². The van der Waals surface area contributed by atoms with E-state index in [9.17, 15) is 9.59 Å². The molecule has 0 aliphatic carbocycles. The van der Waals surface area contributed by atoms with Crippen molar-refractivity contribution in [2.75, 3.05) is 10.6 Å². The Labute approximate surface area is 243 Å². The lowest BCUT2D eigenvalue weighted by Crippen LogP contribution is -2.22. The van der Waals surface area contributed by atoms with E-state index >= 15 is 0 Å². The Morgan fingerprint density at radius 3 is 1.07 bits per heavy atom. The first-order chi connectivity index (χ1) is 19.7. The van der Waals surface area contributed by atoms with Crippen LogP contribution in [0, 0.1) is 0 Å². The average Bonchev–Trinajstić information content (AvgIpc) is 3.01. The zero-order valence-electron chi connectivity index (χ0n) is 21.6. The summed E-state index contributed by atoms with van der Waals surface area (Å²) >= 11 is 2.98. The molecule has 0 aliphatic heterocycles. The molecule has 0 aromatic heterocycles. The van der Waals surface area contributed by atoms with Gasteiger partial charge in [0.25, 0.3) is 0 Å². The third kappa shape index (κ3) is 7.23. The van der Waals surface area contributed by atoms with Crippen LogP contribution < -0.4 is 10.6 Å². The van der Waals surface area contributed by atoms with Crippen molar-refractivity contribution in [3.05, 3.63) is 157 Å². The number of rotatable bonds is 10. The quantitative estimate of drug-likeness (QED) is 0.168. The molecule has 2 amide bonds. The number of hydrogen-bond donors (Lipinski definition) is 2. The number of carbonyl (C=O) groups excluding carboxylic acids is 2. The van der Waals surface area contributed by atoms with E-state index in [1.54, 1.807) is 0 Å². The predicted molar refractivity (Wildman–Crippen MR) is 167 cm³/mol. The zero-order valence-corrected chi connectivity index (χ0v) is 23.3. The van der Waals surface area contributed by atoms with Crippen LogP contribution in [-0.2, 0) is 9.59 Å². The second-order valence-electron chi connectivity index (χ2n) is 8.97. The Bertz CT molecular complexity index is 1410. The van der Waals surface area contributed by atoms with Crippen molar-refractivity contribution in [3.8, 4) is 0 Å². The molecule has 5 rings (SSSR count). The lowest BCUT2D eigenvalue weighted by molar-refractivity contribution is -0.116. The van der Waals surface area contributed by atoms with Crippen molar-refractivity contribution in [1.29, 1.82) is 0 Å². The highest BCUT2D eigenvalue weighted by atomic mass is 32.2. The van der Waals surface area contributed by atoms with E-state index in [0.29, 0.717) is 11.4 Å². The SMILES string of the molecule is O=C(Nc1ccccc1NC(=O)[C@@H](Sc1ccccc1)c1ccccc1)[C@@H](Sc1ccccc1)c1ccccc1. The Morgan fingerprint density at radius 1 is 0.425 bits per heavy atom.